The largest absolute Gasteiger partial charge is 0.496 e. The lowest BCUT2D eigenvalue weighted by molar-refractivity contribution is -0.118. The summed E-state index contributed by atoms with van der Waals surface area (Å²) in [5.74, 6) is 2.28. The fraction of sp³-hybridized carbons (Fsp3) is 0.421. The van der Waals surface area contributed by atoms with Gasteiger partial charge < -0.3 is 29.4 Å². The number of thioether (sulfide) groups is 1. The summed E-state index contributed by atoms with van der Waals surface area (Å²) in [6, 6.07) is 5.08. The second-order valence-electron chi connectivity index (χ2n) is 6.06. The number of carbonyl (C=O) groups is 2. The molecule has 10 heteroatoms. The van der Waals surface area contributed by atoms with Crippen molar-refractivity contribution in [3.8, 4) is 17.2 Å². The molecular weight excluding hydrogens is 398 g/mol. The zero-order chi connectivity index (χ0) is 21.4. The van der Waals surface area contributed by atoms with Crippen molar-refractivity contribution >= 4 is 29.4 Å². The number of hydrogen-bond acceptors (Lipinski definition) is 8. The van der Waals surface area contributed by atoms with Gasteiger partial charge in [-0.3, -0.25) is 9.59 Å². The van der Waals surface area contributed by atoms with Gasteiger partial charge in [0.25, 0.3) is 0 Å². The number of carbonyl (C=O) groups excluding carboxylic acids is 2. The van der Waals surface area contributed by atoms with Gasteiger partial charge in [0.15, 0.2) is 17.3 Å². The van der Waals surface area contributed by atoms with Gasteiger partial charge in [0.1, 0.15) is 11.5 Å². The van der Waals surface area contributed by atoms with Crippen LogP contribution in [0.5, 0.6) is 17.2 Å². The number of aryl methyl sites for hydroxylation is 1. The highest BCUT2D eigenvalue weighted by molar-refractivity contribution is 8.01. The van der Waals surface area contributed by atoms with Gasteiger partial charge >= 0.3 is 0 Å². The fourth-order valence-corrected chi connectivity index (χ4v) is 3.12. The van der Waals surface area contributed by atoms with Crippen molar-refractivity contribution < 1.29 is 28.3 Å². The average molecular weight is 423 g/mol. The minimum absolute atomic E-state index is 0.127. The van der Waals surface area contributed by atoms with Crippen molar-refractivity contribution in [1.82, 2.24) is 10.5 Å². The lowest BCUT2D eigenvalue weighted by atomic mass is 10.1. The molecule has 9 nitrogen and oxygen atoms in total. The van der Waals surface area contributed by atoms with E-state index in [2.05, 4.69) is 15.8 Å². The first-order valence-electron chi connectivity index (χ1n) is 8.79. The van der Waals surface area contributed by atoms with E-state index in [4.69, 9.17) is 18.7 Å². The van der Waals surface area contributed by atoms with Gasteiger partial charge in [-0.15, -0.1) is 11.8 Å². The standard InChI is InChI=1S/C19H25N3O6S/c1-11-6-17(22-28-11)21-19(24)12(2)29-10-18(23)20-9-13-7-15(26-4)16(27-5)8-14(13)25-3/h6-8,12H,9-10H2,1-5H3,(H,20,23)(H,21,22,24)/t12-/m0/s1. The molecule has 2 N–H and O–H groups in total. The highest BCUT2D eigenvalue weighted by Crippen LogP contribution is 2.34. The number of aromatic nitrogens is 1. The van der Waals surface area contributed by atoms with E-state index in [1.54, 1.807) is 39.2 Å². The van der Waals surface area contributed by atoms with E-state index in [0.717, 1.165) is 5.56 Å². The summed E-state index contributed by atoms with van der Waals surface area (Å²) in [4.78, 5) is 24.3. The Morgan fingerprint density at radius 2 is 1.76 bits per heavy atom. The number of nitrogens with one attached hydrogen (secondary N) is 2. The van der Waals surface area contributed by atoms with Crippen LogP contribution in [-0.4, -0.2) is 49.3 Å². The third-order valence-electron chi connectivity index (χ3n) is 3.98. The minimum atomic E-state index is -0.437. The molecule has 0 saturated carbocycles. The van der Waals surface area contributed by atoms with Gasteiger partial charge in [0.2, 0.25) is 11.8 Å². The topological polar surface area (TPSA) is 112 Å². The Hall–Kier alpha value is -2.88. The maximum atomic E-state index is 12.2. The highest BCUT2D eigenvalue weighted by Gasteiger charge is 2.17. The zero-order valence-corrected chi connectivity index (χ0v) is 17.8. The molecule has 1 atom stereocenters. The summed E-state index contributed by atoms with van der Waals surface area (Å²) in [5, 5.41) is 8.73. The van der Waals surface area contributed by atoms with E-state index < -0.39 is 5.25 Å². The molecule has 2 aromatic rings. The first kappa shape index (κ1) is 22.4. The number of anilines is 1. The maximum Gasteiger partial charge on any atom is 0.238 e. The molecule has 158 valence electrons. The molecule has 0 spiro atoms. The molecule has 2 amide bonds. The molecule has 0 bridgehead atoms. The van der Waals surface area contributed by atoms with Crippen LogP contribution in [0.2, 0.25) is 0 Å². The van der Waals surface area contributed by atoms with Crippen LogP contribution in [0, 0.1) is 6.92 Å². The summed E-state index contributed by atoms with van der Waals surface area (Å²) in [6.45, 7) is 3.71. The van der Waals surface area contributed by atoms with Crippen molar-refractivity contribution in [3.63, 3.8) is 0 Å². The minimum Gasteiger partial charge on any atom is -0.496 e. The van der Waals surface area contributed by atoms with Gasteiger partial charge in [-0.25, -0.2) is 0 Å². The molecule has 0 aliphatic heterocycles. The van der Waals surface area contributed by atoms with E-state index in [1.165, 1.54) is 26.0 Å². The van der Waals surface area contributed by atoms with E-state index in [9.17, 15) is 9.59 Å². The van der Waals surface area contributed by atoms with Crippen LogP contribution in [0.25, 0.3) is 0 Å². The Morgan fingerprint density at radius 3 is 2.34 bits per heavy atom. The maximum absolute atomic E-state index is 12.2. The van der Waals surface area contributed by atoms with E-state index in [1.807, 2.05) is 0 Å². The predicted octanol–water partition coefficient (Wildman–Crippen LogP) is 2.39. The molecule has 0 unspecified atom stereocenters. The van der Waals surface area contributed by atoms with Crippen molar-refractivity contribution in [1.29, 1.82) is 0 Å². The summed E-state index contributed by atoms with van der Waals surface area (Å²) in [5.41, 5.74) is 0.746. The molecule has 1 aromatic heterocycles. The Bertz CT molecular complexity index is 854. The average Bonchev–Trinajstić information content (AvgIpc) is 3.13. The third-order valence-corrected chi connectivity index (χ3v) is 5.12. The predicted molar refractivity (Wildman–Crippen MR) is 110 cm³/mol. The molecule has 2 rings (SSSR count). The Balaban J connectivity index is 1.85. The zero-order valence-electron chi connectivity index (χ0n) is 17.0. The van der Waals surface area contributed by atoms with Crippen molar-refractivity contribution in [2.45, 2.75) is 25.6 Å². The summed E-state index contributed by atoms with van der Waals surface area (Å²) in [7, 11) is 4.62. The summed E-state index contributed by atoms with van der Waals surface area (Å²) >= 11 is 1.22. The lowest BCUT2D eigenvalue weighted by Crippen LogP contribution is -2.28. The van der Waals surface area contributed by atoms with E-state index in [-0.39, 0.29) is 24.1 Å². The number of hydrogen-bond donors (Lipinski definition) is 2. The molecular formula is C19H25N3O6S. The number of amides is 2. The highest BCUT2D eigenvalue weighted by atomic mass is 32.2. The SMILES string of the molecule is COc1cc(OC)c(OC)cc1CNC(=O)CS[C@@H](C)C(=O)Nc1cc(C)on1. The Morgan fingerprint density at radius 1 is 1.10 bits per heavy atom. The number of rotatable bonds is 10. The quantitative estimate of drug-likeness (QED) is 0.599. The van der Waals surface area contributed by atoms with Gasteiger partial charge in [-0.05, 0) is 19.9 Å². The van der Waals surface area contributed by atoms with Crippen LogP contribution in [0.3, 0.4) is 0 Å². The molecule has 1 aromatic carbocycles. The van der Waals surface area contributed by atoms with Gasteiger partial charge in [0.05, 0.1) is 32.3 Å². The van der Waals surface area contributed by atoms with Crippen LogP contribution in [0.4, 0.5) is 5.82 Å². The molecule has 29 heavy (non-hydrogen) atoms. The van der Waals surface area contributed by atoms with Crippen LogP contribution in [0.1, 0.15) is 18.2 Å². The Labute approximate surface area is 173 Å². The number of benzene rings is 1. The van der Waals surface area contributed by atoms with Gasteiger partial charge in [0, 0.05) is 24.2 Å². The van der Waals surface area contributed by atoms with Crippen molar-refractivity contribution in [2.24, 2.45) is 0 Å². The number of ether oxygens (including phenoxy) is 3. The summed E-state index contributed by atoms with van der Waals surface area (Å²) in [6.07, 6.45) is 0. The monoisotopic (exact) mass is 423 g/mol. The molecule has 0 aliphatic carbocycles. The molecule has 0 fully saturated rings. The Kier molecular flexibility index (Phi) is 8.20. The fourth-order valence-electron chi connectivity index (χ4n) is 2.40. The van der Waals surface area contributed by atoms with Gasteiger partial charge in [-0.1, -0.05) is 5.16 Å². The molecule has 1 heterocycles. The molecule has 0 saturated heterocycles. The molecule has 0 aliphatic rings. The first-order valence-corrected chi connectivity index (χ1v) is 9.84. The normalized spacial score (nSPS) is 11.5. The first-order chi connectivity index (χ1) is 13.9. The van der Waals surface area contributed by atoms with Crippen molar-refractivity contribution in [2.75, 3.05) is 32.4 Å². The van der Waals surface area contributed by atoms with Crippen LogP contribution in [0.15, 0.2) is 22.7 Å². The molecule has 0 radical (unpaired) electrons. The van der Waals surface area contributed by atoms with Crippen LogP contribution >= 0.6 is 11.8 Å². The number of methoxy groups -OCH3 is 3. The third kappa shape index (κ3) is 6.31. The summed E-state index contributed by atoms with van der Waals surface area (Å²) < 4.78 is 20.8. The smallest absolute Gasteiger partial charge is 0.238 e. The second kappa shape index (κ2) is 10.6. The lowest BCUT2D eigenvalue weighted by Gasteiger charge is -2.15. The number of nitrogens with zero attached hydrogens (tertiary/aromatic N) is 1. The second-order valence-corrected chi connectivity index (χ2v) is 7.39. The van der Waals surface area contributed by atoms with E-state index in [0.29, 0.717) is 28.8 Å². The van der Waals surface area contributed by atoms with Crippen molar-refractivity contribution in [3.05, 3.63) is 29.5 Å². The van der Waals surface area contributed by atoms with Crippen LogP contribution in [-0.2, 0) is 16.1 Å². The van der Waals surface area contributed by atoms with Crippen LogP contribution < -0.4 is 24.8 Å². The van der Waals surface area contributed by atoms with Gasteiger partial charge in [-0.2, -0.15) is 0 Å². The van der Waals surface area contributed by atoms with E-state index >= 15 is 0 Å².